The number of nitrogens with two attached hydrogens (primary N) is 1. The Labute approximate surface area is 154 Å². The van der Waals surface area contributed by atoms with E-state index in [4.69, 9.17) is 10.5 Å². The Hall–Kier alpha value is -2.88. The summed E-state index contributed by atoms with van der Waals surface area (Å²) in [6.45, 7) is 0.334. The molecule has 0 spiro atoms. The van der Waals surface area contributed by atoms with Crippen molar-refractivity contribution in [3.05, 3.63) is 65.0 Å². The molecule has 0 aliphatic heterocycles. The van der Waals surface area contributed by atoms with Gasteiger partial charge in [-0.3, -0.25) is 5.43 Å². The quantitative estimate of drug-likeness (QED) is 0.285. The monoisotopic (exact) mass is 368 g/mol. The molecule has 0 aliphatic rings. The normalized spacial score (nSPS) is 10.8. The standard InChI is InChI=1S/C17H17BN4O3S/c19-16-11-26-17(21-16)22-20-9-13-6-7-15(14(8-13)18(23)24)25-10-12-4-2-1-3-5-12/h1-9,11,23-24H,10,19H2,(H,21,22). The van der Waals surface area contributed by atoms with Crippen molar-refractivity contribution in [3.8, 4) is 5.75 Å². The number of nitrogen functional groups attached to an aromatic ring is 1. The summed E-state index contributed by atoms with van der Waals surface area (Å²) in [6, 6.07) is 14.7. The molecule has 0 aliphatic carbocycles. The number of aromatic nitrogens is 1. The Bertz CT molecular complexity index is 887. The first-order valence-electron chi connectivity index (χ1n) is 7.79. The first-order chi connectivity index (χ1) is 12.6. The molecule has 0 amide bonds. The van der Waals surface area contributed by atoms with Crippen molar-refractivity contribution in [2.24, 2.45) is 5.10 Å². The summed E-state index contributed by atoms with van der Waals surface area (Å²) in [6.07, 6.45) is 1.55. The van der Waals surface area contributed by atoms with Crippen molar-refractivity contribution in [2.45, 2.75) is 6.61 Å². The van der Waals surface area contributed by atoms with E-state index < -0.39 is 7.12 Å². The lowest BCUT2D eigenvalue weighted by molar-refractivity contribution is 0.306. The van der Waals surface area contributed by atoms with Crippen molar-refractivity contribution in [3.63, 3.8) is 0 Å². The average molecular weight is 368 g/mol. The molecule has 26 heavy (non-hydrogen) atoms. The molecule has 9 heteroatoms. The van der Waals surface area contributed by atoms with Crippen LogP contribution in [-0.2, 0) is 6.61 Å². The predicted octanol–water partition coefficient (Wildman–Crippen LogP) is 1.43. The molecule has 0 bridgehead atoms. The Morgan fingerprint density at radius 3 is 2.73 bits per heavy atom. The molecule has 2 aromatic carbocycles. The van der Waals surface area contributed by atoms with Crippen LogP contribution in [0.15, 0.2) is 59.0 Å². The first kappa shape index (κ1) is 17.9. The van der Waals surface area contributed by atoms with Crippen LogP contribution in [0.5, 0.6) is 5.75 Å². The molecule has 0 saturated carbocycles. The maximum absolute atomic E-state index is 9.63. The second kappa shape index (κ2) is 8.48. The number of ether oxygens (including phenoxy) is 1. The van der Waals surface area contributed by atoms with Gasteiger partial charge in [-0.25, -0.2) is 4.98 Å². The van der Waals surface area contributed by atoms with Gasteiger partial charge < -0.3 is 20.5 Å². The smallest absolute Gasteiger partial charge is 0.489 e. The van der Waals surface area contributed by atoms with Gasteiger partial charge in [0.05, 0.1) is 6.21 Å². The van der Waals surface area contributed by atoms with Crippen molar-refractivity contribution in [1.29, 1.82) is 0 Å². The van der Waals surface area contributed by atoms with E-state index in [1.807, 2.05) is 30.3 Å². The summed E-state index contributed by atoms with van der Waals surface area (Å²) in [5.74, 6) is 0.833. The highest BCUT2D eigenvalue weighted by molar-refractivity contribution is 7.14. The number of hydrogen-bond donors (Lipinski definition) is 4. The average Bonchev–Trinajstić information content (AvgIpc) is 3.06. The fraction of sp³-hybridized carbons (Fsp3) is 0.0588. The largest absolute Gasteiger partial charge is 0.492 e. The van der Waals surface area contributed by atoms with E-state index in [1.54, 1.807) is 29.8 Å². The second-order valence-corrected chi connectivity index (χ2v) is 6.25. The van der Waals surface area contributed by atoms with Gasteiger partial charge in [-0.2, -0.15) is 5.10 Å². The van der Waals surface area contributed by atoms with Gasteiger partial charge in [-0.1, -0.05) is 30.3 Å². The van der Waals surface area contributed by atoms with Crippen molar-refractivity contribution in [1.82, 2.24) is 4.98 Å². The van der Waals surface area contributed by atoms with E-state index in [9.17, 15) is 10.0 Å². The van der Waals surface area contributed by atoms with Crippen LogP contribution >= 0.6 is 11.3 Å². The molecule has 0 unspecified atom stereocenters. The molecular weight excluding hydrogens is 351 g/mol. The summed E-state index contributed by atoms with van der Waals surface area (Å²) < 4.78 is 5.71. The summed E-state index contributed by atoms with van der Waals surface area (Å²) in [7, 11) is -1.65. The molecule has 3 aromatic rings. The Morgan fingerprint density at radius 2 is 2.04 bits per heavy atom. The van der Waals surface area contributed by atoms with Crippen LogP contribution in [0.3, 0.4) is 0 Å². The first-order valence-corrected chi connectivity index (χ1v) is 8.66. The van der Waals surface area contributed by atoms with Crippen molar-refractivity contribution in [2.75, 3.05) is 11.2 Å². The molecule has 3 rings (SSSR count). The van der Waals surface area contributed by atoms with Crippen LogP contribution in [0.25, 0.3) is 0 Å². The zero-order valence-corrected chi connectivity index (χ0v) is 14.6. The Kier molecular flexibility index (Phi) is 5.85. The highest BCUT2D eigenvalue weighted by atomic mass is 32.1. The molecule has 1 heterocycles. The third-order valence-electron chi connectivity index (χ3n) is 3.44. The number of hydrogen-bond acceptors (Lipinski definition) is 8. The molecule has 0 atom stereocenters. The molecule has 0 fully saturated rings. The van der Waals surface area contributed by atoms with Gasteiger partial charge in [0.15, 0.2) is 0 Å². The van der Waals surface area contributed by atoms with Gasteiger partial charge in [-0.15, -0.1) is 11.3 Å². The fourth-order valence-electron chi connectivity index (χ4n) is 2.22. The van der Waals surface area contributed by atoms with Crippen LogP contribution in [-0.4, -0.2) is 28.4 Å². The van der Waals surface area contributed by atoms with E-state index in [0.717, 1.165) is 5.56 Å². The van der Waals surface area contributed by atoms with Crippen molar-refractivity contribution >= 4 is 41.1 Å². The minimum absolute atomic E-state index is 0.267. The number of nitrogens with zero attached hydrogens (tertiary/aromatic N) is 2. The summed E-state index contributed by atoms with van der Waals surface area (Å²) in [4.78, 5) is 4.03. The number of hydrazone groups is 1. The van der Waals surface area contributed by atoms with Crippen LogP contribution in [0.1, 0.15) is 11.1 Å². The van der Waals surface area contributed by atoms with E-state index in [0.29, 0.717) is 28.9 Å². The number of anilines is 2. The second-order valence-electron chi connectivity index (χ2n) is 5.39. The minimum atomic E-state index is -1.65. The maximum atomic E-state index is 9.63. The van der Waals surface area contributed by atoms with E-state index in [2.05, 4.69) is 15.5 Å². The van der Waals surface area contributed by atoms with Crippen LogP contribution < -0.4 is 21.4 Å². The predicted molar refractivity (Wildman–Crippen MR) is 105 cm³/mol. The topological polar surface area (TPSA) is 113 Å². The molecule has 1 aromatic heterocycles. The Morgan fingerprint density at radius 1 is 1.23 bits per heavy atom. The number of benzene rings is 2. The number of rotatable bonds is 7. The lowest BCUT2D eigenvalue weighted by Crippen LogP contribution is -2.31. The molecule has 132 valence electrons. The van der Waals surface area contributed by atoms with Crippen LogP contribution in [0.2, 0.25) is 0 Å². The van der Waals surface area contributed by atoms with Gasteiger partial charge in [0.2, 0.25) is 5.13 Å². The minimum Gasteiger partial charge on any atom is -0.489 e. The van der Waals surface area contributed by atoms with E-state index in [-0.39, 0.29) is 5.46 Å². The summed E-state index contributed by atoms with van der Waals surface area (Å²) >= 11 is 1.34. The van der Waals surface area contributed by atoms with Gasteiger partial charge in [0.25, 0.3) is 0 Å². The fourth-order valence-corrected chi connectivity index (χ4v) is 2.76. The van der Waals surface area contributed by atoms with Crippen LogP contribution in [0, 0.1) is 0 Å². The highest BCUT2D eigenvalue weighted by Gasteiger charge is 2.17. The molecule has 0 saturated heterocycles. The molecule has 5 N–H and O–H groups in total. The summed E-state index contributed by atoms with van der Waals surface area (Å²) in [5.41, 5.74) is 10.2. The number of thiazole rings is 1. The zero-order chi connectivity index (χ0) is 18.4. The van der Waals surface area contributed by atoms with Gasteiger partial charge in [-0.05, 0) is 29.3 Å². The maximum Gasteiger partial charge on any atom is 0.492 e. The van der Waals surface area contributed by atoms with Gasteiger partial charge in [0.1, 0.15) is 18.2 Å². The van der Waals surface area contributed by atoms with E-state index in [1.165, 1.54) is 11.3 Å². The highest BCUT2D eigenvalue weighted by Crippen LogP contribution is 2.16. The molecular formula is C17H17BN4O3S. The number of nitrogens with one attached hydrogen (secondary N) is 1. The van der Waals surface area contributed by atoms with Gasteiger partial charge in [0, 0.05) is 10.8 Å². The zero-order valence-electron chi connectivity index (χ0n) is 13.7. The lowest BCUT2D eigenvalue weighted by atomic mass is 9.79. The third kappa shape index (κ3) is 4.82. The summed E-state index contributed by atoms with van der Waals surface area (Å²) in [5, 5.41) is 25.6. The van der Waals surface area contributed by atoms with Crippen LogP contribution in [0.4, 0.5) is 10.9 Å². The lowest BCUT2D eigenvalue weighted by Gasteiger charge is -2.12. The third-order valence-corrected chi connectivity index (χ3v) is 4.21. The molecule has 0 radical (unpaired) electrons. The van der Waals surface area contributed by atoms with Gasteiger partial charge >= 0.3 is 7.12 Å². The van der Waals surface area contributed by atoms with Crippen molar-refractivity contribution < 1.29 is 14.8 Å². The Balaban J connectivity index is 1.69. The molecule has 7 nitrogen and oxygen atoms in total. The van der Waals surface area contributed by atoms with E-state index >= 15 is 0 Å². The SMILES string of the molecule is Nc1csc(NN=Cc2ccc(OCc3ccccc3)c(B(O)O)c2)n1.